The van der Waals surface area contributed by atoms with Gasteiger partial charge in [0, 0.05) is 30.5 Å². The van der Waals surface area contributed by atoms with Crippen molar-refractivity contribution in [1.29, 1.82) is 0 Å². The summed E-state index contributed by atoms with van der Waals surface area (Å²) in [6, 6.07) is 15.4. The van der Waals surface area contributed by atoms with Crippen molar-refractivity contribution in [3.8, 4) is 17.2 Å². The zero-order valence-electron chi connectivity index (χ0n) is 18.7. The highest BCUT2D eigenvalue weighted by Gasteiger charge is 2.22. The van der Waals surface area contributed by atoms with Gasteiger partial charge in [0.1, 0.15) is 11.5 Å². The van der Waals surface area contributed by atoms with E-state index in [1.54, 1.807) is 16.9 Å². The molecular weight excluding hydrogens is 404 g/mol. The molecule has 4 rings (SSSR count). The van der Waals surface area contributed by atoms with Gasteiger partial charge < -0.3 is 9.84 Å². The van der Waals surface area contributed by atoms with Crippen molar-refractivity contribution in [3.05, 3.63) is 71.9 Å². The molecule has 0 aliphatic carbocycles. The predicted molar refractivity (Wildman–Crippen MR) is 121 cm³/mol. The van der Waals surface area contributed by atoms with Gasteiger partial charge in [-0.25, -0.2) is 4.68 Å². The van der Waals surface area contributed by atoms with Crippen LogP contribution in [0, 0.1) is 6.92 Å². The maximum atomic E-state index is 12.7. The van der Waals surface area contributed by atoms with Crippen molar-refractivity contribution in [3.63, 3.8) is 0 Å². The maximum absolute atomic E-state index is 12.7. The zero-order chi connectivity index (χ0) is 22.7. The molecule has 3 aromatic heterocycles. The number of amides is 1. The van der Waals surface area contributed by atoms with Crippen LogP contribution in [0.15, 0.2) is 59.3 Å². The zero-order valence-corrected chi connectivity index (χ0v) is 18.7. The molecule has 0 radical (unpaired) electrons. The second-order valence-corrected chi connectivity index (χ2v) is 8.64. The van der Waals surface area contributed by atoms with Gasteiger partial charge in [0.2, 0.25) is 17.6 Å². The van der Waals surface area contributed by atoms with Crippen LogP contribution in [0.1, 0.15) is 44.3 Å². The summed E-state index contributed by atoms with van der Waals surface area (Å²) in [6.07, 6.45) is 2.20. The molecule has 1 N–H and O–H groups in total. The second kappa shape index (κ2) is 8.74. The Morgan fingerprint density at radius 3 is 2.62 bits per heavy atom. The Balaban J connectivity index is 1.49. The highest BCUT2D eigenvalue weighted by Crippen LogP contribution is 2.27. The number of benzene rings is 1. The van der Waals surface area contributed by atoms with E-state index in [0.717, 1.165) is 16.9 Å². The van der Waals surface area contributed by atoms with E-state index in [4.69, 9.17) is 9.62 Å². The van der Waals surface area contributed by atoms with Crippen LogP contribution in [0.25, 0.3) is 17.2 Å². The van der Waals surface area contributed by atoms with Crippen molar-refractivity contribution in [1.82, 2.24) is 24.9 Å². The van der Waals surface area contributed by atoms with Crippen LogP contribution >= 0.6 is 0 Å². The minimum Gasteiger partial charge on any atom is -0.339 e. The number of hydrogen-bond donors (Lipinski definition) is 1. The predicted octanol–water partition coefficient (Wildman–Crippen LogP) is 4.49. The number of aromatic nitrogens is 5. The van der Waals surface area contributed by atoms with Gasteiger partial charge in [0.05, 0.1) is 11.4 Å². The molecule has 0 aliphatic rings. The molecule has 8 heteroatoms. The Hall–Kier alpha value is -3.81. The number of rotatable bonds is 6. The lowest BCUT2D eigenvalue weighted by Gasteiger charge is -2.14. The van der Waals surface area contributed by atoms with Crippen molar-refractivity contribution < 1.29 is 9.32 Å². The van der Waals surface area contributed by atoms with Crippen LogP contribution < -0.4 is 5.32 Å². The number of carbonyl (C=O) groups excluding carboxylic acids is 1. The fourth-order valence-corrected chi connectivity index (χ4v) is 3.20. The summed E-state index contributed by atoms with van der Waals surface area (Å²) >= 11 is 0. The molecule has 1 aromatic carbocycles. The Morgan fingerprint density at radius 2 is 1.91 bits per heavy atom. The average Bonchev–Trinajstić information content (AvgIpc) is 3.41. The van der Waals surface area contributed by atoms with Crippen LogP contribution in [0.2, 0.25) is 0 Å². The summed E-state index contributed by atoms with van der Waals surface area (Å²) in [5, 5.41) is 11.7. The SMILES string of the molecule is Cc1ccccc1-n1nc(C(C)(C)C)cc1NC(=O)CCc1nc(-c2ccccn2)no1. The third-order valence-electron chi connectivity index (χ3n) is 5.02. The fourth-order valence-electron chi connectivity index (χ4n) is 3.20. The van der Waals surface area contributed by atoms with Crippen LogP contribution in [-0.2, 0) is 16.6 Å². The van der Waals surface area contributed by atoms with Crippen molar-refractivity contribution in [2.45, 2.75) is 46.0 Å². The summed E-state index contributed by atoms with van der Waals surface area (Å²) in [6.45, 7) is 8.31. The molecule has 32 heavy (non-hydrogen) atoms. The van der Waals surface area contributed by atoms with E-state index in [0.29, 0.717) is 29.6 Å². The molecule has 3 heterocycles. The molecular formula is C24H26N6O2. The molecule has 0 saturated carbocycles. The van der Waals surface area contributed by atoms with Gasteiger partial charge in [-0.2, -0.15) is 10.1 Å². The molecule has 4 aromatic rings. The maximum Gasteiger partial charge on any atom is 0.227 e. The van der Waals surface area contributed by atoms with Crippen LogP contribution in [-0.4, -0.2) is 30.8 Å². The molecule has 0 atom stereocenters. The molecule has 0 saturated heterocycles. The quantitative estimate of drug-likeness (QED) is 0.484. The first-order valence-corrected chi connectivity index (χ1v) is 10.5. The van der Waals surface area contributed by atoms with E-state index < -0.39 is 0 Å². The highest BCUT2D eigenvalue weighted by atomic mass is 16.5. The minimum atomic E-state index is -0.155. The van der Waals surface area contributed by atoms with Gasteiger partial charge >= 0.3 is 0 Å². The summed E-state index contributed by atoms with van der Waals surface area (Å²) in [5.41, 5.74) is 3.37. The molecule has 0 spiro atoms. The topological polar surface area (TPSA) is 98.7 Å². The molecule has 8 nitrogen and oxygen atoms in total. The van der Waals surface area contributed by atoms with Gasteiger partial charge in [-0.1, -0.05) is 50.2 Å². The second-order valence-electron chi connectivity index (χ2n) is 8.64. The van der Waals surface area contributed by atoms with Gasteiger partial charge in [0.15, 0.2) is 0 Å². The van der Waals surface area contributed by atoms with Gasteiger partial charge in [0.25, 0.3) is 0 Å². The van der Waals surface area contributed by atoms with Crippen molar-refractivity contribution >= 4 is 11.7 Å². The first-order valence-electron chi connectivity index (χ1n) is 10.5. The number of anilines is 1. The standard InChI is InChI=1S/C24H26N6O2/c1-16-9-5-6-11-18(16)30-20(15-19(28-30)24(2,3)4)26-21(31)12-13-22-27-23(29-32-22)17-10-7-8-14-25-17/h5-11,14-15H,12-13H2,1-4H3,(H,26,31). The monoisotopic (exact) mass is 430 g/mol. The Labute approximate surface area is 186 Å². The molecule has 0 unspecified atom stereocenters. The number of hydrogen-bond acceptors (Lipinski definition) is 6. The van der Waals surface area contributed by atoms with E-state index >= 15 is 0 Å². The van der Waals surface area contributed by atoms with Crippen molar-refractivity contribution in [2.24, 2.45) is 0 Å². The Bertz CT molecular complexity index is 1220. The van der Waals surface area contributed by atoms with E-state index in [1.165, 1.54) is 0 Å². The number of nitrogens with one attached hydrogen (secondary N) is 1. The van der Waals surface area contributed by atoms with E-state index in [1.807, 2.05) is 49.4 Å². The fraction of sp³-hybridized carbons (Fsp3) is 0.292. The lowest BCUT2D eigenvalue weighted by molar-refractivity contribution is -0.116. The number of aryl methyl sites for hydroxylation is 2. The summed E-state index contributed by atoms with van der Waals surface area (Å²) in [4.78, 5) is 21.3. The minimum absolute atomic E-state index is 0.154. The molecule has 0 fully saturated rings. The molecule has 1 amide bonds. The third kappa shape index (κ3) is 4.74. The smallest absolute Gasteiger partial charge is 0.227 e. The summed E-state index contributed by atoms with van der Waals surface area (Å²) in [7, 11) is 0. The first-order chi connectivity index (χ1) is 15.3. The summed E-state index contributed by atoms with van der Waals surface area (Å²) in [5.74, 6) is 1.28. The third-order valence-corrected chi connectivity index (χ3v) is 5.02. The van der Waals surface area contributed by atoms with E-state index in [9.17, 15) is 4.79 Å². The first kappa shape index (κ1) is 21.4. The molecule has 0 aliphatic heterocycles. The lowest BCUT2D eigenvalue weighted by atomic mass is 9.92. The van der Waals surface area contributed by atoms with Crippen molar-refractivity contribution in [2.75, 3.05) is 5.32 Å². The number of para-hydroxylation sites is 1. The largest absolute Gasteiger partial charge is 0.339 e. The van der Waals surface area contributed by atoms with Crippen LogP contribution in [0.5, 0.6) is 0 Å². The van der Waals surface area contributed by atoms with E-state index in [2.05, 4.69) is 41.2 Å². The van der Waals surface area contributed by atoms with Gasteiger partial charge in [-0.3, -0.25) is 9.78 Å². The Morgan fingerprint density at radius 1 is 1.12 bits per heavy atom. The van der Waals surface area contributed by atoms with E-state index in [-0.39, 0.29) is 17.7 Å². The average molecular weight is 431 g/mol. The normalized spacial score (nSPS) is 11.5. The molecule has 164 valence electrons. The number of nitrogens with zero attached hydrogens (tertiary/aromatic N) is 5. The highest BCUT2D eigenvalue weighted by molar-refractivity contribution is 5.90. The van der Waals surface area contributed by atoms with Gasteiger partial charge in [-0.05, 0) is 30.7 Å². The number of carbonyl (C=O) groups is 1. The number of pyridine rings is 1. The van der Waals surface area contributed by atoms with Gasteiger partial charge in [-0.15, -0.1) is 0 Å². The lowest BCUT2D eigenvalue weighted by Crippen LogP contribution is -2.16. The van der Waals surface area contributed by atoms with Crippen LogP contribution in [0.3, 0.4) is 0 Å². The molecule has 0 bridgehead atoms. The van der Waals surface area contributed by atoms with Crippen LogP contribution in [0.4, 0.5) is 5.82 Å². The summed E-state index contributed by atoms with van der Waals surface area (Å²) < 4.78 is 7.07. The Kier molecular flexibility index (Phi) is 5.85.